The van der Waals surface area contributed by atoms with Crippen LogP contribution in [0.5, 0.6) is 11.9 Å². The van der Waals surface area contributed by atoms with Gasteiger partial charge in [0.25, 0.3) is 0 Å². The molecule has 44 heavy (non-hydrogen) atoms. The average Bonchev–Trinajstić information content (AvgIpc) is 3.56. The Morgan fingerprint density at radius 3 is 2.66 bits per heavy atom. The molecule has 0 saturated carbocycles. The molecule has 4 aromatic rings. The fourth-order valence-corrected chi connectivity index (χ4v) is 7.35. The molecule has 9 nitrogen and oxygen atoms in total. The Balaban J connectivity index is 1.39. The number of alkyl halides is 1. The maximum atomic E-state index is 16.9. The number of nitrogens with zero attached hydrogens (tertiary/aromatic N) is 5. The van der Waals surface area contributed by atoms with Crippen molar-refractivity contribution in [2.45, 2.75) is 50.4 Å². The lowest BCUT2D eigenvalue weighted by molar-refractivity contribution is 0.107. The maximum absolute atomic E-state index is 16.9. The number of nitrogens with one attached hydrogen (secondary N) is 1. The normalized spacial score (nSPS) is 22.9. The maximum Gasteiger partial charge on any atom is 0.319 e. The largest absolute Gasteiger partial charge is 0.480 e. The Bertz CT molecular complexity index is 1690. The van der Waals surface area contributed by atoms with E-state index in [-0.39, 0.29) is 29.7 Å². The Hall–Kier alpha value is -3.67. The lowest BCUT2D eigenvalue weighted by atomic mass is 9.94. The quantitative estimate of drug-likeness (QED) is 0.306. The number of fused-ring (bicyclic) bond motifs is 3. The number of benzene rings is 2. The minimum Gasteiger partial charge on any atom is -0.480 e. The minimum absolute atomic E-state index is 0.0559. The van der Waals surface area contributed by atoms with Crippen LogP contribution in [0.25, 0.3) is 32.9 Å². The highest BCUT2D eigenvalue weighted by Gasteiger charge is 2.49. The topological polar surface area (TPSA) is 95.9 Å². The lowest BCUT2D eigenvalue weighted by Gasteiger charge is -2.32. The van der Waals surface area contributed by atoms with E-state index in [0.29, 0.717) is 49.2 Å². The first-order valence-electron chi connectivity index (χ1n) is 15.5. The standard InChI is InChI=1S/C33H38F2N6O3/c1-20(42)16-22-8-3-6-21-7-4-9-24(25(21)22)28-27(35)29-26(31(37-28)43-2)30(40-14-11-36-12-15-40)39-32(38-29)44-19-33-10-5-13-41(33)18-23(34)17-33/h3-4,6-9,20,23,36,42H,5,10-19H2,1-2H3/t20?,23-,33+/m1/s1. The van der Waals surface area contributed by atoms with Crippen LogP contribution in [-0.2, 0) is 6.42 Å². The van der Waals surface area contributed by atoms with Gasteiger partial charge < -0.3 is 24.8 Å². The van der Waals surface area contributed by atoms with Gasteiger partial charge in [-0.1, -0.05) is 36.4 Å². The number of aliphatic hydroxyl groups is 1. The summed E-state index contributed by atoms with van der Waals surface area (Å²) >= 11 is 0. The monoisotopic (exact) mass is 604 g/mol. The van der Waals surface area contributed by atoms with Gasteiger partial charge in [-0.2, -0.15) is 9.97 Å². The van der Waals surface area contributed by atoms with Crippen LogP contribution in [0.1, 0.15) is 31.7 Å². The van der Waals surface area contributed by atoms with Crippen LogP contribution in [0.3, 0.4) is 0 Å². The number of methoxy groups -OCH3 is 1. The van der Waals surface area contributed by atoms with E-state index in [2.05, 4.69) is 20.1 Å². The number of rotatable bonds is 8. The Morgan fingerprint density at radius 2 is 1.89 bits per heavy atom. The predicted molar refractivity (Wildman–Crippen MR) is 166 cm³/mol. The predicted octanol–water partition coefficient (Wildman–Crippen LogP) is 4.28. The molecule has 7 rings (SSSR count). The van der Waals surface area contributed by atoms with Crippen molar-refractivity contribution in [3.05, 3.63) is 47.8 Å². The van der Waals surface area contributed by atoms with Gasteiger partial charge in [0, 0.05) is 44.7 Å². The number of anilines is 1. The Morgan fingerprint density at radius 1 is 1.09 bits per heavy atom. The summed E-state index contributed by atoms with van der Waals surface area (Å²) in [5, 5.41) is 15.7. The van der Waals surface area contributed by atoms with Gasteiger partial charge in [0.2, 0.25) is 5.88 Å². The summed E-state index contributed by atoms with van der Waals surface area (Å²) in [7, 11) is 1.51. The molecule has 0 bridgehead atoms. The van der Waals surface area contributed by atoms with Gasteiger partial charge in [0.05, 0.1) is 18.8 Å². The van der Waals surface area contributed by atoms with Gasteiger partial charge in [0.15, 0.2) is 5.82 Å². The summed E-state index contributed by atoms with van der Waals surface area (Å²) in [6.45, 7) is 6.04. The third-order valence-electron chi connectivity index (χ3n) is 9.31. The number of halogens is 2. The second-order valence-corrected chi connectivity index (χ2v) is 12.3. The van der Waals surface area contributed by atoms with Crippen molar-refractivity contribution in [3.8, 4) is 23.1 Å². The number of aromatic nitrogens is 3. The highest BCUT2D eigenvalue weighted by atomic mass is 19.1. The Kier molecular flexibility index (Phi) is 7.72. The molecule has 3 fully saturated rings. The molecule has 0 spiro atoms. The fraction of sp³-hybridized carbons (Fsp3) is 0.485. The van der Waals surface area contributed by atoms with Crippen molar-refractivity contribution in [2.24, 2.45) is 0 Å². The molecule has 0 aliphatic carbocycles. The number of piperazine rings is 1. The number of hydrogen-bond acceptors (Lipinski definition) is 9. The second-order valence-electron chi connectivity index (χ2n) is 12.3. The first-order valence-corrected chi connectivity index (χ1v) is 15.5. The molecule has 2 aromatic heterocycles. The Labute approximate surface area is 255 Å². The molecule has 0 radical (unpaired) electrons. The van der Waals surface area contributed by atoms with Crippen molar-refractivity contribution in [1.82, 2.24) is 25.2 Å². The van der Waals surface area contributed by atoms with Crippen LogP contribution in [0.2, 0.25) is 0 Å². The zero-order valence-corrected chi connectivity index (χ0v) is 25.2. The molecular weight excluding hydrogens is 566 g/mol. The molecule has 11 heteroatoms. The van der Waals surface area contributed by atoms with E-state index in [4.69, 9.17) is 19.4 Å². The number of aliphatic hydroxyl groups excluding tert-OH is 1. The van der Waals surface area contributed by atoms with Crippen LogP contribution in [0, 0.1) is 5.82 Å². The van der Waals surface area contributed by atoms with E-state index in [1.165, 1.54) is 7.11 Å². The van der Waals surface area contributed by atoms with Gasteiger partial charge in [-0.05, 0) is 49.1 Å². The molecule has 1 unspecified atom stereocenters. The van der Waals surface area contributed by atoms with E-state index < -0.39 is 23.6 Å². The zero-order valence-electron chi connectivity index (χ0n) is 25.2. The lowest BCUT2D eigenvalue weighted by Crippen LogP contribution is -2.44. The molecule has 3 aliphatic heterocycles. The zero-order chi connectivity index (χ0) is 30.4. The van der Waals surface area contributed by atoms with Gasteiger partial charge in [-0.3, -0.25) is 4.90 Å². The van der Waals surface area contributed by atoms with Crippen molar-refractivity contribution in [3.63, 3.8) is 0 Å². The van der Waals surface area contributed by atoms with Gasteiger partial charge in [0.1, 0.15) is 35.2 Å². The van der Waals surface area contributed by atoms with E-state index in [1.807, 2.05) is 36.4 Å². The molecule has 3 aliphatic rings. The van der Waals surface area contributed by atoms with Crippen molar-refractivity contribution < 1.29 is 23.4 Å². The molecule has 3 atom stereocenters. The van der Waals surface area contributed by atoms with Crippen LogP contribution in [-0.4, -0.2) is 95.8 Å². The first-order chi connectivity index (χ1) is 21.4. The van der Waals surface area contributed by atoms with Gasteiger partial charge >= 0.3 is 6.01 Å². The molecule has 0 amide bonds. The highest BCUT2D eigenvalue weighted by Crippen LogP contribution is 2.42. The molecule has 3 saturated heterocycles. The van der Waals surface area contributed by atoms with Crippen molar-refractivity contribution >= 4 is 27.5 Å². The van der Waals surface area contributed by atoms with Gasteiger partial charge in [-0.15, -0.1) is 0 Å². The third-order valence-corrected chi connectivity index (χ3v) is 9.31. The summed E-state index contributed by atoms with van der Waals surface area (Å²) in [5.41, 5.74) is 1.25. The number of ether oxygens (including phenoxy) is 2. The summed E-state index contributed by atoms with van der Waals surface area (Å²) in [4.78, 5) is 18.4. The SMILES string of the molecule is COc1nc(-c2cccc3cccc(CC(C)O)c23)c(F)c2nc(OC[C@@]34CCCN3C[C@H](F)C4)nc(N3CCNCC3)c12. The molecule has 2 aromatic carbocycles. The van der Waals surface area contributed by atoms with E-state index in [9.17, 15) is 9.50 Å². The third kappa shape index (κ3) is 5.10. The summed E-state index contributed by atoms with van der Waals surface area (Å²) < 4.78 is 43.4. The van der Waals surface area contributed by atoms with Gasteiger partial charge in [-0.25, -0.2) is 13.8 Å². The second kappa shape index (κ2) is 11.7. The van der Waals surface area contributed by atoms with Crippen LogP contribution < -0.4 is 19.7 Å². The highest BCUT2D eigenvalue weighted by molar-refractivity contribution is 6.02. The average molecular weight is 605 g/mol. The number of pyridine rings is 1. The smallest absolute Gasteiger partial charge is 0.319 e. The molecular formula is C33H38F2N6O3. The molecule has 2 N–H and O–H groups in total. The van der Waals surface area contributed by atoms with E-state index in [0.717, 1.165) is 48.8 Å². The summed E-state index contributed by atoms with van der Waals surface area (Å²) in [6.07, 6.45) is 1.20. The summed E-state index contributed by atoms with van der Waals surface area (Å²) in [5.74, 6) is 0.122. The van der Waals surface area contributed by atoms with Crippen LogP contribution in [0.15, 0.2) is 36.4 Å². The van der Waals surface area contributed by atoms with Crippen LogP contribution in [0.4, 0.5) is 14.6 Å². The number of hydrogen-bond donors (Lipinski definition) is 2. The first kappa shape index (κ1) is 29.1. The van der Waals surface area contributed by atoms with Crippen molar-refractivity contribution in [2.75, 3.05) is 57.9 Å². The summed E-state index contributed by atoms with van der Waals surface area (Å²) in [6, 6.07) is 11.6. The molecule has 232 valence electrons. The molecule has 5 heterocycles. The minimum atomic E-state index is -0.887. The van der Waals surface area contributed by atoms with E-state index >= 15 is 4.39 Å². The van der Waals surface area contributed by atoms with Crippen LogP contribution >= 0.6 is 0 Å². The fourth-order valence-electron chi connectivity index (χ4n) is 7.35. The van der Waals surface area contributed by atoms with Crippen molar-refractivity contribution in [1.29, 1.82) is 0 Å². The van der Waals surface area contributed by atoms with E-state index in [1.54, 1.807) is 6.92 Å².